The third-order valence-electron chi connectivity index (χ3n) is 0.939. The lowest BCUT2D eigenvalue weighted by Gasteiger charge is -1.80. The predicted molar refractivity (Wildman–Crippen MR) is 36.9 cm³/mol. The van der Waals surface area contributed by atoms with Crippen LogP contribution in [-0.4, -0.2) is 5.02 Å². The van der Waals surface area contributed by atoms with Crippen LogP contribution in [0, 0.1) is 0 Å². The minimum atomic E-state index is 1.13. The summed E-state index contributed by atoms with van der Waals surface area (Å²) in [4.78, 5) is 0. The van der Waals surface area contributed by atoms with Gasteiger partial charge in [-0.3, -0.25) is 0 Å². The van der Waals surface area contributed by atoms with E-state index in [1.807, 2.05) is 0 Å². The standard InChI is InChI=1S/C6H8S/c1-2-6-3-4-7-5-6/h3-4,7H,2H2,1H3. The first-order chi connectivity index (χ1) is 3.43. The Balaban J connectivity index is 2.72. The summed E-state index contributed by atoms with van der Waals surface area (Å²) in [6, 6.07) is 0. The second-order valence-electron chi connectivity index (χ2n) is 1.44. The summed E-state index contributed by atoms with van der Waals surface area (Å²) in [5.41, 5.74) is 1.35. The van der Waals surface area contributed by atoms with Crippen LogP contribution in [0.25, 0.3) is 0 Å². The summed E-state index contributed by atoms with van der Waals surface area (Å²) >= 11 is 1.23. The van der Waals surface area contributed by atoms with E-state index in [1.165, 1.54) is 16.9 Å². The SMILES string of the molecule is CCC1=C=[SH]C=C1. The molecule has 0 aromatic rings. The molecule has 0 spiro atoms. The summed E-state index contributed by atoms with van der Waals surface area (Å²) in [5.74, 6) is 0. The van der Waals surface area contributed by atoms with E-state index in [0.717, 1.165) is 6.42 Å². The van der Waals surface area contributed by atoms with Gasteiger partial charge in [-0.15, -0.1) is 11.4 Å². The molecular formula is C6H8S. The fourth-order valence-corrected chi connectivity index (χ4v) is 1.21. The molecule has 0 aromatic carbocycles. The van der Waals surface area contributed by atoms with Crippen LogP contribution in [0.1, 0.15) is 13.3 Å². The average molecular weight is 112 g/mol. The van der Waals surface area contributed by atoms with Crippen molar-refractivity contribution in [2.45, 2.75) is 13.3 Å². The molecule has 1 rings (SSSR count). The maximum absolute atomic E-state index is 3.18. The van der Waals surface area contributed by atoms with E-state index in [1.54, 1.807) is 0 Å². The maximum Gasteiger partial charge on any atom is 0.000380 e. The van der Waals surface area contributed by atoms with E-state index in [-0.39, 0.29) is 0 Å². The van der Waals surface area contributed by atoms with Gasteiger partial charge in [0.1, 0.15) is 0 Å². The number of rotatable bonds is 1. The fourth-order valence-electron chi connectivity index (χ4n) is 0.482. The van der Waals surface area contributed by atoms with Crippen molar-refractivity contribution in [2.75, 3.05) is 0 Å². The second-order valence-corrected chi connectivity index (χ2v) is 2.22. The lowest BCUT2D eigenvalue weighted by molar-refractivity contribution is 1.18. The van der Waals surface area contributed by atoms with Crippen LogP contribution in [0.2, 0.25) is 0 Å². The number of hydrogen-bond acceptors (Lipinski definition) is 0. The molecule has 38 valence electrons. The Morgan fingerprint density at radius 1 is 1.86 bits per heavy atom. The molecule has 1 heterocycles. The van der Waals surface area contributed by atoms with Gasteiger partial charge in [0.2, 0.25) is 0 Å². The first-order valence-corrected chi connectivity index (χ1v) is 3.38. The van der Waals surface area contributed by atoms with E-state index in [2.05, 4.69) is 23.4 Å². The summed E-state index contributed by atoms with van der Waals surface area (Å²) in [6.45, 7) is 2.15. The van der Waals surface area contributed by atoms with E-state index in [4.69, 9.17) is 0 Å². The zero-order valence-corrected chi connectivity index (χ0v) is 5.20. The molecule has 0 unspecified atom stereocenters. The smallest absolute Gasteiger partial charge is 0.000380 e. The van der Waals surface area contributed by atoms with Gasteiger partial charge in [0.15, 0.2) is 0 Å². The van der Waals surface area contributed by atoms with Gasteiger partial charge in [-0.05, 0) is 17.9 Å². The summed E-state index contributed by atoms with van der Waals surface area (Å²) < 4.78 is 0. The maximum atomic E-state index is 3.18. The second kappa shape index (κ2) is 2.15. The van der Waals surface area contributed by atoms with Gasteiger partial charge in [-0.25, -0.2) is 0 Å². The van der Waals surface area contributed by atoms with Crippen molar-refractivity contribution in [1.82, 2.24) is 0 Å². The lowest BCUT2D eigenvalue weighted by Crippen LogP contribution is -1.66. The monoisotopic (exact) mass is 112 g/mol. The van der Waals surface area contributed by atoms with Crippen LogP contribution < -0.4 is 0 Å². The zero-order chi connectivity index (χ0) is 5.11. The molecule has 0 saturated heterocycles. The van der Waals surface area contributed by atoms with Crippen molar-refractivity contribution in [1.29, 1.82) is 0 Å². The third kappa shape index (κ3) is 1.05. The predicted octanol–water partition coefficient (Wildman–Crippen LogP) is 1.72. The molecule has 0 atom stereocenters. The van der Waals surface area contributed by atoms with E-state index in [9.17, 15) is 0 Å². The van der Waals surface area contributed by atoms with Crippen molar-refractivity contribution in [3.63, 3.8) is 0 Å². The molecule has 0 saturated carbocycles. The Hall–Kier alpha value is -0.260. The zero-order valence-electron chi connectivity index (χ0n) is 4.31. The van der Waals surface area contributed by atoms with Crippen LogP contribution in [-0.2, 0) is 0 Å². The van der Waals surface area contributed by atoms with E-state index in [0.29, 0.717) is 0 Å². The molecule has 1 aliphatic heterocycles. The van der Waals surface area contributed by atoms with Crippen molar-refractivity contribution in [3.05, 3.63) is 17.1 Å². The van der Waals surface area contributed by atoms with Gasteiger partial charge in [0.25, 0.3) is 0 Å². The fraction of sp³-hybridized carbons (Fsp3) is 0.333. The quantitative estimate of drug-likeness (QED) is 0.387. The van der Waals surface area contributed by atoms with Crippen LogP contribution in [0.3, 0.4) is 0 Å². The molecule has 0 aromatic heterocycles. The Kier molecular flexibility index (Phi) is 1.50. The first kappa shape index (κ1) is 4.89. The van der Waals surface area contributed by atoms with Crippen LogP contribution in [0.5, 0.6) is 0 Å². The topological polar surface area (TPSA) is 0 Å². The highest BCUT2D eigenvalue weighted by Crippen LogP contribution is 2.05. The molecule has 0 bridgehead atoms. The largest absolute Gasteiger partial charge is 0.133 e. The molecule has 0 N–H and O–H groups in total. The number of hydrogen-bond donors (Lipinski definition) is 1. The normalized spacial score (nSPS) is 16.4. The Morgan fingerprint density at radius 2 is 2.71 bits per heavy atom. The Labute approximate surface area is 47.5 Å². The van der Waals surface area contributed by atoms with Crippen molar-refractivity contribution in [2.24, 2.45) is 0 Å². The van der Waals surface area contributed by atoms with E-state index < -0.39 is 0 Å². The summed E-state index contributed by atoms with van der Waals surface area (Å²) in [6.07, 6.45) is 3.26. The average Bonchev–Trinajstić information content (AvgIpc) is 2.14. The van der Waals surface area contributed by atoms with Gasteiger partial charge in [0, 0.05) is 5.57 Å². The van der Waals surface area contributed by atoms with Crippen LogP contribution in [0.4, 0.5) is 0 Å². The molecule has 0 aliphatic carbocycles. The highest BCUT2D eigenvalue weighted by Gasteiger charge is 1.85. The molecule has 0 nitrogen and oxygen atoms in total. The molecule has 0 fully saturated rings. The first-order valence-electron chi connectivity index (χ1n) is 2.41. The molecule has 1 aliphatic rings. The van der Waals surface area contributed by atoms with Gasteiger partial charge >= 0.3 is 0 Å². The minimum absolute atomic E-state index is 1.13. The molecule has 7 heavy (non-hydrogen) atoms. The highest BCUT2D eigenvalue weighted by molar-refractivity contribution is 8.00. The van der Waals surface area contributed by atoms with Gasteiger partial charge in [0.05, 0.1) is 0 Å². The highest BCUT2D eigenvalue weighted by atomic mass is 32.1. The van der Waals surface area contributed by atoms with Crippen molar-refractivity contribution in [3.8, 4) is 0 Å². The van der Waals surface area contributed by atoms with Gasteiger partial charge < -0.3 is 0 Å². The molecule has 0 amide bonds. The van der Waals surface area contributed by atoms with Crippen LogP contribution >= 0.6 is 11.4 Å². The molecule has 1 heteroatoms. The number of thiol groups is 1. The van der Waals surface area contributed by atoms with Gasteiger partial charge in [-0.1, -0.05) is 11.9 Å². The van der Waals surface area contributed by atoms with Crippen molar-refractivity contribution >= 4 is 16.4 Å². The Morgan fingerprint density at radius 3 is 3.00 bits per heavy atom. The van der Waals surface area contributed by atoms with Crippen LogP contribution in [0.15, 0.2) is 17.1 Å². The Bertz CT molecular complexity index is 148. The minimum Gasteiger partial charge on any atom is -0.133 e. The summed E-state index contributed by atoms with van der Waals surface area (Å²) in [5, 5.41) is 5.29. The van der Waals surface area contributed by atoms with E-state index >= 15 is 0 Å². The molecular weight excluding hydrogens is 104 g/mol. The molecule has 0 radical (unpaired) electrons. The van der Waals surface area contributed by atoms with Crippen molar-refractivity contribution < 1.29 is 0 Å². The number of allylic oxidation sites excluding steroid dienone is 2. The lowest BCUT2D eigenvalue weighted by atomic mass is 10.2. The summed E-state index contributed by atoms with van der Waals surface area (Å²) in [7, 11) is 0. The van der Waals surface area contributed by atoms with Gasteiger partial charge in [-0.2, -0.15) is 0 Å². The third-order valence-corrected chi connectivity index (χ3v) is 1.65.